The Hall–Kier alpha value is -2.04. The molecule has 0 aromatic carbocycles. The molecule has 0 bridgehead atoms. The maximum absolute atomic E-state index is 11.7. The van der Waals surface area contributed by atoms with Gasteiger partial charge in [0, 0.05) is 6.20 Å². The van der Waals surface area contributed by atoms with Gasteiger partial charge in [0.15, 0.2) is 5.78 Å². The third-order valence-electron chi connectivity index (χ3n) is 2.16. The second kappa shape index (κ2) is 4.65. The van der Waals surface area contributed by atoms with E-state index < -0.39 is 23.5 Å². The normalized spacial score (nSPS) is 11.9. The zero-order chi connectivity index (χ0) is 12.3. The van der Waals surface area contributed by atoms with Crippen molar-refractivity contribution in [3.63, 3.8) is 0 Å². The minimum atomic E-state index is -1.60. The fourth-order valence-corrected chi connectivity index (χ4v) is 1.14. The van der Waals surface area contributed by atoms with Crippen LogP contribution in [0.4, 0.5) is 0 Å². The fourth-order valence-electron chi connectivity index (χ4n) is 1.14. The highest BCUT2D eigenvalue weighted by atomic mass is 16.4. The molecule has 1 aromatic heterocycles. The summed E-state index contributed by atoms with van der Waals surface area (Å²) in [5.41, 5.74) is 0.987. The Balaban J connectivity index is 2.90. The summed E-state index contributed by atoms with van der Waals surface area (Å²) < 4.78 is 0. The van der Waals surface area contributed by atoms with Crippen molar-refractivity contribution in [2.75, 3.05) is 0 Å². The molecular formula is C11H11NO4. The smallest absolute Gasteiger partial charge is 0.372 e. The molecule has 0 saturated heterocycles. The van der Waals surface area contributed by atoms with Crippen molar-refractivity contribution in [1.29, 1.82) is 0 Å². The first kappa shape index (κ1) is 12.0. The molecule has 1 heterocycles. The molecule has 0 aliphatic carbocycles. The number of nitrogens with zero attached hydrogens (tertiary/aromatic N) is 1. The molecule has 1 rings (SSSR count). The molecule has 5 nitrogen and oxygen atoms in total. The minimum absolute atomic E-state index is 0.104. The van der Waals surface area contributed by atoms with E-state index in [9.17, 15) is 14.4 Å². The van der Waals surface area contributed by atoms with Gasteiger partial charge in [-0.25, -0.2) is 4.79 Å². The molecule has 0 saturated carbocycles. The first-order valence-corrected chi connectivity index (χ1v) is 4.67. The summed E-state index contributed by atoms with van der Waals surface area (Å²) in [6.07, 6.45) is 1.49. The van der Waals surface area contributed by atoms with E-state index in [1.165, 1.54) is 19.2 Å². The van der Waals surface area contributed by atoms with Crippen molar-refractivity contribution in [3.05, 3.63) is 29.6 Å². The van der Waals surface area contributed by atoms with Crippen molar-refractivity contribution >= 4 is 17.5 Å². The van der Waals surface area contributed by atoms with Gasteiger partial charge in [-0.2, -0.15) is 0 Å². The molecule has 16 heavy (non-hydrogen) atoms. The van der Waals surface area contributed by atoms with Crippen LogP contribution in [0.15, 0.2) is 18.3 Å². The standard InChI is InChI=1S/C11H11NO4/c1-6-3-4-8(12-5-6)9(13)7(2)10(14)11(15)16/h3-5,7H,1-2H3,(H,15,16). The second-order valence-corrected chi connectivity index (χ2v) is 3.48. The van der Waals surface area contributed by atoms with Gasteiger partial charge in [-0.3, -0.25) is 14.6 Å². The average Bonchev–Trinajstić information content (AvgIpc) is 2.27. The highest BCUT2D eigenvalue weighted by Crippen LogP contribution is 2.08. The van der Waals surface area contributed by atoms with E-state index in [0.29, 0.717) is 0 Å². The highest BCUT2D eigenvalue weighted by Gasteiger charge is 2.28. The molecule has 0 radical (unpaired) electrons. The number of aliphatic carboxylic acids is 1. The summed E-state index contributed by atoms with van der Waals surface area (Å²) in [6.45, 7) is 3.08. The number of hydrogen-bond donors (Lipinski definition) is 1. The van der Waals surface area contributed by atoms with Crippen LogP contribution in [-0.2, 0) is 9.59 Å². The molecule has 1 unspecified atom stereocenters. The topological polar surface area (TPSA) is 84.3 Å². The first-order valence-electron chi connectivity index (χ1n) is 4.67. The predicted molar refractivity (Wildman–Crippen MR) is 55.1 cm³/mol. The van der Waals surface area contributed by atoms with Crippen LogP contribution >= 0.6 is 0 Å². The summed E-state index contributed by atoms with van der Waals surface area (Å²) in [6, 6.07) is 3.15. The number of carboxylic acids is 1. The van der Waals surface area contributed by atoms with Crippen molar-refractivity contribution in [1.82, 2.24) is 4.98 Å². The Morgan fingerprint density at radius 3 is 2.38 bits per heavy atom. The summed E-state index contributed by atoms with van der Waals surface area (Å²) >= 11 is 0. The maximum atomic E-state index is 11.7. The number of carbonyl (C=O) groups is 3. The van der Waals surface area contributed by atoms with E-state index in [2.05, 4.69) is 4.98 Å². The lowest BCUT2D eigenvalue weighted by Crippen LogP contribution is -2.28. The molecule has 0 spiro atoms. The van der Waals surface area contributed by atoms with Crippen LogP contribution in [0.3, 0.4) is 0 Å². The molecule has 1 atom stereocenters. The second-order valence-electron chi connectivity index (χ2n) is 3.48. The van der Waals surface area contributed by atoms with Crippen molar-refractivity contribution < 1.29 is 19.5 Å². The summed E-state index contributed by atoms with van der Waals surface area (Å²) in [7, 11) is 0. The predicted octanol–water partition coefficient (Wildman–Crippen LogP) is 0.863. The van der Waals surface area contributed by atoms with Crippen molar-refractivity contribution in [2.45, 2.75) is 13.8 Å². The molecule has 0 amide bonds. The van der Waals surface area contributed by atoms with Gasteiger partial charge in [-0.05, 0) is 25.5 Å². The van der Waals surface area contributed by atoms with E-state index in [0.717, 1.165) is 5.56 Å². The van der Waals surface area contributed by atoms with E-state index in [1.54, 1.807) is 6.07 Å². The number of rotatable bonds is 4. The van der Waals surface area contributed by atoms with Crippen LogP contribution in [0, 0.1) is 12.8 Å². The molecule has 0 aliphatic rings. The zero-order valence-electron chi connectivity index (χ0n) is 8.93. The van der Waals surface area contributed by atoms with Crippen LogP contribution in [0.2, 0.25) is 0 Å². The number of Topliss-reactive ketones (excluding diaryl/α,β-unsaturated/α-hetero) is 2. The van der Waals surface area contributed by atoms with Crippen LogP contribution in [-0.4, -0.2) is 27.6 Å². The lowest BCUT2D eigenvalue weighted by Gasteiger charge is -2.05. The van der Waals surface area contributed by atoms with Gasteiger partial charge >= 0.3 is 5.97 Å². The fraction of sp³-hybridized carbons (Fsp3) is 0.273. The van der Waals surface area contributed by atoms with Gasteiger partial charge in [0.2, 0.25) is 5.78 Å². The van der Waals surface area contributed by atoms with E-state index in [4.69, 9.17) is 5.11 Å². The summed E-state index contributed by atoms with van der Waals surface area (Å²) in [5.74, 6) is -4.50. The van der Waals surface area contributed by atoms with Gasteiger partial charge in [-0.15, -0.1) is 0 Å². The molecule has 5 heteroatoms. The van der Waals surface area contributed by atoms with Crippen LogP contribution < -0.4 is 0 Å². The Labute approximate surface area is 92.1 Å². The number of hydrogen-bond acceptors (Lipinski definition) is 4. The average molecular weight is 221 g/mol. The number of aromatic nitrogens is 1. The van der Waals surface area contributed by atoms with E-state index >= 15 is 0 Å². The van der Waals surface area contributed by atoms with Gasteiger partial charge < -0.3 is 5.11 Å². The quantitative estimate of drug-likeness (QED) is 0.463. The number of carbonyl (C=O) groups excluding carboxylic acids is 2. The maximum Gasteiger partial charge on any atom is 0.372 e. The molecule has 84 valence electrons. The van der Waals surface area contributed by atoms with Crippen LogP contribution in [0.5, 0.6) is 0 Å². The Morgan fingerprint density at radius 2 is 1.94 bits per heavy atom. The third kappa shape index (κ3) is 2.50. The SMILES string of the molecule is Cc1ccc(C(=O)C(C)C(=O)C(=O)O)nc1. The Morgan fingerprint density at radius 1 is 1.31 bits per heavy atom. The largest absolute Gasteiger partial charge is 0.475 e. The lowest BCUT2D eigenvalue weighted by molar-refractivity contribution is -0.150. The van der Waals surface area contributed by atoms with E-state index in [-0.39, 0.29) is 5.69 Å². The Bertz CT molecular complexity index is 436. The summed E-state index contributed by atoms with van der Waals surface area (Å²) in [4.78, 5) is 37.0. The number of pyridine rings is 1. The van der Waals surface area contributed by atoms with Gasteiger partial charge in [-0.1, -0.05) is 6.07 Å². The van der Waals surface area contributed by atoms with Gasteiger partial charge in [0.05, 0.1) is 5.92 Å². The third-order valence-corrected chi connectivity index (χ3v) is 2.16. The monoisotopic (exact) mass is 221 g/mol. The molecule has 1 aromatic rings. The van der Waals surface area contributed by atoms with Crippen molar-refractivity contribution in [2.24, 2.45) is 5.92 Å². The van der Waals surface area contributed by atoms with Crippen molar-refractivity contribution in [3.8, 4) is 0 Å². The Kier molecular flexibility index (Phi) is 3.50. The molecule has 0 fully saturated rings. The van der Waals surface area contributed by atoms with Gasteiger partial charge in [0.25, 0.3) is 0 Å². The minimum Gasteiger partial charge on any atom is -0.475 e. The lowest BCUT2D eigenvalue weighted by atomic mass is 9.98. The highest BCUT2D eigenvalue weighted by molar-refractivity contribution is 6.38. The molecule has 1 N–H and O–H groups in total. The van der Waals surface area contributed by atoms with Crippen LogP contribution in [0.1, 0.15) is 23.0 Å². The van der Waals surface area contributed by atoms with E-state index in [1.807, 2.05) is 6.92 Å². The number of ketones is 2. The van der Waals surface area contributed by atoms with Gasteiger partial charge in [0.1, 0.15) is 5.69 Å². The molecule has 0 aliphatic heterocycles. The van der Waals surface area contributed by atoms with Crippen LogP contribution in [0.25, 0.3) is 0 Å². The molecular weight excluding hydrogens is 210 g/mol. The number of carboxylic acid groups (broad SMARTS) is 1. The number of aryl methyl sites for hydroxylation is 1. The first-order chi connectivity index (χ1) is 7.43. The summed E-state index contributed by atoms with van der Waals surface area (Å²) in [5, 5.41) is 8.47. The zero-order valence-corrected chi connectivity index (χ0v) is 8.93.